The van der Waals surface area contributed by atoms with Gasteiger partial charge in [-0.05, 0) is 41.1 Å². The maximum absolute atomic E-state index is 12.7. The number of hydrogen-bond donors (Lipinski definition) is 1. The Morgan fingerprint density at radius 2 is 1.71 bits per heavy atom. The minimum Gasteiger partial charge on any atom is -0.326 e. The SMILES string of the molecule is CCC(=O)Nc1ccc(-c2nnc(SCC(=O)c3ccc4ccccc4c3)n2C)cc1. The van der Waals surface area contributed by atoms with Gasteiger partial charge in [-0.3, -0.25) is 9.59 Å². The lowest BCUT2D eigenvalue weighted by Gasteiger charge is -2.06. The van der Waals surface area contributed by atoms with E-state index >= 15 is 0 Å². The zero-order chi connectivity index (χ0) is 21.8. The monoisotopic (exact) mass is 430 g/mol. The minimum atomic E-state index is -0.0267. The van der Waals surface area contributed by atoms with Crippen molar-refractivity contribution in [2.24, 2.45) is 7.05 Å². The van der Waals surface area contributed by atoms with Crippen LogP contribution >= 0.6 is 11.8 Å². The summed E-state index contributed by atoms with van der Waals surface area (Å²) >= 11 is 1.37. The van der Waals surface area contributed by atoms with E-state index in [4.69, 9.17) is 0 Å². The summed E-state index contributed by atoms with van der Waals surface area (Å²) in [5, 5.41) is 14.2. The number of rotatable bonds is 7. The van der Waals surface area contributed by atoms with Crippen LogP contribution in [0.15, 0.2) is 71.9 Å². The molecule has 3 aromatic carbocycles. The lowest BCUT2D eigenvalue weighted by Crippen LogP contribution is -2.09. The zero-order valence-electron chi connectivity index (χ0n) is 17.3. The number of nitrogens with zero attached hydrogens (tertiary/aromatic N) is 3. The first-order chi connectivity index (χ1) is 15.0. The van der Waals surface area contributed by atoms with Crippen LogP contribution in [0.4, 0.5) is 5.69 Å². The summed E-state index contributed by atoms with van der Waals surface area (Å²) in [4.78, 5) is 24.2. The van der Waals surface area contributed by atoms with E-state index in [-0.39, 0.29) is 17.4 Å². The Kier molecular flexibility index (Phi) is 6.13. The summed E-state index contributed by atoms with van der Waals surface area (Å²) in [6.07, 6.45) is 0.434. The Morgan fingerprint density at radius 1 is 0.968 bits per heavy atom. The largest absolute Gasteiger partial charge is 0.326 e. The van der Waals surface area contributed by atoms with Gasteiger partial charge in [0.2, 0.25) is 5.91 Å². The number of thioether (sulfide) groups is 1. The van der Waals surface area contributed by atoms with Crippen LogP contribution in [0.5, 0.6) is 0 Å². The summed E-state index contributed by atoms with van der Waals surface area (Å²) in [7, 11) is 1.88. The van der Waals surface area contributed by atoms with Crippen LogP contribution < -0.4 is 5.32 Å². The molecule has 0 aliphatic rings. The quantitative estimate of drug-likeness (QED) is 0.331. The fourth-order valence-corrected chi connectivity index (χ4v) is 4.03. The molecule has 4 rings (SSSR count). The molecule has 0 radical (unpaired) electrons. The first kappa shape index (κ1) is 20.8. The molecule has 4 aromatic rings. The molecule has 0 aliphatic carbocycles. The molecule has 31 heavy (non-hydrogen) atoms. The molecular weight excluding hydrogens is 408 g/mol. The molecule has 0 spiro atoms. The number of benzene rings is 3. The van der Waals surface area contributed by atoms with Crippen molar-refractivity contribution in [3.8, 4) is 11.4 Å². The summed E-state index contributed by atoms with van der Waals surface area (Å²) in [6.45, 7) is 1.81. The Balaban J connectivity index is 1.44. The fourth-order valence-electron chi connectivity index (χ4n) is 3.22. The van der Waals surface area contributed by atoms with Crippen molar-refractivity contribution in [1.29, 1.82) is 0 Å². The average molecular weight is 431 g/mol. The van der Waals surface area contributed by atoms with Crippen LogP contribution in [0.25, 0.3) is 22.2 Å². The second-order valence-corrected chi connectivity index (χ2v) is 8.06. The van der Waals surface area contributed by atoms with Gasteiger partial charge in [-0.1, -0.05) is 55.1 Å². The number of anilines is 1. The van der Waals surface area contributed by atoms with Crippen molar-refractivity contribution < 1.29 is 9.59 Å². The number of nitrogens with one attached hydrogen (secondary N) is 1. The number of ketones is 1. The van der Waals surface area contributed by atoms with Crippen molar-refractivity contribution in [1.82, 2.24) is 14.8 Å². The lowest BCUT2D eigenvalue weighted by atomic mass is 10.1. The molecule has 0 saturated carbocycles. The molecule has 0 fully saturated rings. The zero-order valence-corrected chi connectivity index (χ0v) is 18.1. The molecule has 1 amide bonds. The standard InChI is InChI=1S/C24H22N4O2S/c1-3-22(30)25-20-12-10-17(11-13-20)23-26-27-24(28(23)2)31-15-21(29)19-9-8-16-6-4-5-7-18(16)14-19/h4-14H,3,15H2,1-2H3,(H,25,30). The second kappa shape index (κ2) is 9.14. The third kappa shape index (κ3) is 4.67. The van der Waals surface area contributed by atoms with Crippen molar-refractivity contribution in [2.75, 3.05) is 11.1 Å². The average Bonchev–Trinajstić information content (AvgIpc) is 3.17. The van der Waals surface area contributed by atoms with Crippen molar-refractivity contribution in [3.05, 3.63) is 72.3 Å². The summed E-state index contributed by atoms with van der Waals surface area (Å²) in [5.41, 5.74) is 2.32. The van der Waals surface area contributed by atoms with E-state index in [9.17, 15) is 9.59 Å². The van der Waals surface area contributed by atoms with E-state index in [1.54, 1.807) is 0 Å². The second-order valence-electron chi connectivity index (χ2n) is 7.12. The van der Waals surface area contributed by atoms with Crippen molar-refractivity contribution in [2.45, 2.75) is 18.5 Å². The predicted molar refractivity (Wildman–Crippen MR) is 124 cm³/mol. The van der Waals surface area contributed by atoms with Gasteiger partial charge in [-0.25, -0.2) is 0 Å². The van der Waals surface area contributed by atoms with E-state index in [1.807, 2.05) is 85.3 Å². The fraction of sp³-hybridized carbons (Fsp3) is 0.167. The highest BCUT2D eigenvalue weighted by atomic mass is 32.2. The van der Waals surface area contributed by atoms with Gasteiger partial charge in [0, 0.05) is 30.3 Å². The Labute approximate surface area is 184 Å². The molecule has 1 N–H and O–H groups in total. The summed E-state index contributed by atoms with van der Waals surface area (Å²) in [6, 6.07) is 21.2. The van der Waals surface area contributed by atoms with Crippen molar-refractivity contribution in [3.63, 3.8) is 0 Å². The number of carbonyl (C=O) groups excluding carboxylic acids is 2. The van der Waals surface area contributed by atoms with Gasteiger partial charge in [0.1, 0.15) is 0 Å². The Hall–Kier alpha value is -3.45. The van der Waals surface area contributed by atoms with E-state index < -0.39 is 0 Å². The number of Topliss-reactive ketones (excluding diaryl/α,β-unsaturated/α-hetero) is 1. The molecule has 1 aromatic heterocycles. The Morgan fingerprint density at radius 3 is 2.45 bits per heavy atom. The first-order valence-electron chi connectivity index (χ1n) is 9.99. The van der Waals surface area contributed by atoms with Gasteiger partial charge in [0.15, 0.2) is 16.8 Å². The van der Waals surface area contributed by atoms with E-state index in [2.05, 4.69) is 15.5 Å². The highest BCUT2D eigenvalue weighted by Gasteiger charge is 2.14. The van der Waals surface area contributed by atoms with Gasteiger partial charge < -0.3 is 9.88 Å². The molecule has 0 saturated heterocycles. The summed E-state index contributed by atoms with van der Waals surface area (Å²) < 4.78 is 1.87. The number of fused-ring (bicyclic) bond motifs is 1. The van der Waals surface area contributed by atoms with Crippen LogP contribution in [0.3, 0.4) is 0 Å². The van der Waals surface area contributed by atoms with Crippen LogP contribution in [0.1, 0.15) is 23.7 Å². The summed E-state index contributed by atoms with van der Waals surface area (Å²) in [5.74, 6) is 1.01. The molecule has 0 bridgehead atoms. The van der Waals surface area contributed by atoms with Crippen LogP contribution in [0, 0.1) is 0 Å². The number of hydrogen-bond acceptors (Lipinski definition) is 5. The van der Waals surface area contributed by atoms with Gasteiger partial charge in [0.05, 0.1) is 5.75 Å². The molecule has 0 unspecified atom stereocenters. The smallest absolute Gasteiger partial charge is 0.224 e. The van der Waals surface area contributed by atoms with E-state index in [1.165, 1.54) is 11.8 Å². The van der Waals surface area contributed by atoms with Crippen LogP contribution in [-0.2, 0) is 11.8 Å². The third-order valence-corrected chi connectivity index (χ3v) is 6.01. The number of carbonyl (C=O) groups is 2. The molecule has 156 valence electrons. The van der Waals surface area contributed by atoms with E-state index in [0.29, 0.717) is 23.0 Å². The maximum Gasteiger partial charge on any atom is 0.224 e. The van der Waals surface area contributed by atoms with E-state index in [0.717, 1.165) is 22.0 Å². The number of aromatic nitrogens is 3. The highest BCUT2D eigenvalue weighted by Crippen LogP contribution is 2.25. The van der Waals surface area contributed by atoms with Gasteiger partial charge in [-0.15, -0.1) is 10.2 Å². The van der Waals surface area contributed by atoms with Crippen LogP contribution in [0.2, 0.25) is 0 Å². The molecule has 7 heteroatoms. The van der Waals surface area contributed by atoms with Gasteiger partial charge >= 0.3 is 0 Å². The first-order valence-corrected chi connectivity index (χ1v) is 11.0. The lowest BCUT2D eigenvalue weighted by molar-refractivity contribution is -0.115. The van der Waals surface area contributed by atoms with Crippen LogP contribution in [-0.4, -0.2) is 32.2 Å². The normalized spacial score (nSPS) is 10.9. The maximum atomic E-state index is 12.7. The molecule has 6 nitrogen and oxygen atoms in total. The topological polar surface area (TPSA) is 76.9 Å². The van der Waals surface area contributed by atoms with Gasteiger partial charge in [0.25, 0.3) is 0 Å². The third-order valence-electron chi connectivity index (χ3n) is 4.99. The van der Waals surface area contributed by atoms with Crippen molar-refractivity contribution >= 4 is 39.9 Å². The molecule has 1 heterocycles. The molecular formula is C24H22N4O2S. The molecule has 0 atom stereocenters. The van der Waals surface area contributed by atoms with Gasteiger partial charge in [-0.2, -0.15) is 0 Å². The molecule has 0 aliphatic heterocycles. The Bertz CT molecular complexity index is 1250. The number of amides is 1. The minimum absolute atomic E-state index is 0.0267. The predicted octanol–water partition coefficient (Wildman–Crippen LogP) is 4.96. The highest BCUT2D eigenvalue weighted by molar-refractivity contribution is 7.99.